The lowest BCUT2D eigenvalue weighted by molar-refractivity contribution is -0.184. The molecule has 0 radical (unpaired) electrons. The highest BCUT2D eigenvalue weighted by molar-refractivity contribution is 6.00. The molecule has 0 aromatic rings. The molecule has 0 aromatic carbocycles. The van der Waals surface area contributed by atoms with E-state index in [-0.39, 0.29) is 46.3 Å². The topological polar surface area (TPSA) is 85.9 Å². The van der Waals surface area contributed by atoms with Crippen LogP contribution in [0.4, 0.5) is 0 Å². The second kappa shape index (κ2) is 16.4. The third-order valence-corrected chi connectivity index (χ3v) is 9.29. The molecule has 0 atom stereocenters. The zero-order valence-electron chi connectivity index (χ0n) is 29.7. The van der Waals surface area contributed by atoms with Gasteiger partial charge >= 0.3 is 11.9 Å². The predicted octanol–water partition coefficient (Wildman–Crippen LogP) is 8.03. The molecule has 2 saturated heterocycles. The van der Waals surface area contributed by atoms with Crippen LogP contribution in [0.2, 0.25) is 0 Å². The molecule has 2 fully saturated rings. The van der Waals surface area contributed by atoms with Gasteiger partial charge in [-0.2, -0.15) is 0 Å². The first-order valence-electron chi connectivity index (χ1n) is 17.4. The molecule has 0 aromatic heterocycles. The van der Waals surface area contributed by atoms with E-state index in [9.17, 15) is 9.59 Å². The van der Waals surface area contributed by atoms with E-state index in [4.69, 9.17) is 14.2 Å². The Bertz CT molecular complexity index is 782. The summed E-state index contributed by atoms with van der Waals surface area (Å²) in [5.74, 6) is -0.731. The number of carbonyl (C=O) groups excluding carboxylic acids is 2. The van der Waals surface area contributed by atoms with Crippen molar-refractivity contribution in [1.29, 1.82) is 0 Å². The summed E-state index contributed by atoms with van der Waals surface area (Å²) in [5, 5.41) is 7.36. The third kappa shape index (κ3) is 13.0. The van der Waals surface area contributed by atoms with Gasteiger partial charge in [-0.25, -0.2) is 0 Å². The van der Waals surface area contributed by atoms with E-state index >= 15 is 0 Å². The number of rotatable bonds is 18. The van der Waals surface area contributed by atoms with Crippen molar-refractivity contribution in [2.75, 3.05) is 13.7 Å². The Balaban J connectivity index is 2.20. The molecular weight excluding hydrogens is 540 g/mol. The second-order valence-corrected chi connectivity index (χ2v) is 16.4. The number of unbranched alkanes of at least 4 members (excludes halogenated alkanes) is 8. The Labute approximate surface area is 264 Å². The van der Waals surface area contributed by atoms with Gasteiger partial charge in [0.15, 0.2) is 5.41 Å². The molecule has 2 N–H and O–H groups in total. The summed E-state index contributed by atoms with van der Waals surface area (Å²) in [4.78, 5) is 28.6. The van der Waals surface area contributed by atoms with Crippen LogP contribution in [0.1, 0.15) is 165 Å². The maximum atomic E-state index is 14.3. The van der Waals surface area contributed by atoms with E-state index in [2.05, 4.69) is 72.9 Å². The first-order valence-corrected chi connectivity index (χ1v) is 17.4. The Kier molecular flexibility index (Phi) is 14.5. The number of ether oxygens (including phenoxy) is 3. The van der Waals surface area contributed by atoms with Crippen molar-refractivity contribution in [1.82, 2.24) is 10.6 Å². The molecule has 7 nitrogen and oxygen atoms in total. The molecule has 252 valence electrons. The van der Waals surface area contributed by atoms with Gasteiger partial charge in [-0.3, -0.25) is 9.59 Å². The second-order valence-electron chi connectivity index (χ2n) is 16.4. The van der Waals surface area contributed by atoms with E-state index in [1.807, 2.05) is 0 Å². The van der Waals surface area contributed by atoms with Crippen LogP contribution in [-0.4, -0.2) is 60.0 Å². The van der Waals surface area contributed by atoms with Gasteiger partial charge in [-0.15, -0.1) is 0 Å². The number of esters is 2. The predicted molar refractivity (Wildman–Crippen MR) is 176 cm³/mol. The molecule has 2 heterocycles. The van der Waals surface area contributed by atoms with Crippen molar-refractivity contribution >= 4 is 11.9 Å². The molecule has 43 heavy (non-hydrogen) atoms. The Morgan fingerprint density at radius 1 is 0.605 bits per heavy atom. The molecule has 0 saturated carbocycles. The van der Waals surface area contributed by atoms with E-state index < -0.39 is 5.41 Å². The number of carbonyl (C=O) groups is 2. The summed E-state index contributed by atoms with van der Waals surface area (Å²) in [6.45, 7) is 20.2. The molecule has 0 amide bonds. The lowest BCUT2D eigenvalue weighted by Crippen LogP contribution is -2.61. The molecule has 2 aliphatic heterocycles. The van der Waals surface area contributed by atoms with Crippen LogP contribution in [0.5, 0.6) is 0 Å². The fourth-order valence-electron chi connectivity index (χ4n) is 7.98. The molecule has 0 spiro atoms. The number of piperidine rings is 2. The minimum atomic E-state index is -1.26. The van der Waals surface area contributed by atoms with Crippen LogP contribution >= 0.6 is 0 Å². The average Bonchev–Trinajstić information content (AvgIpc) is 2.83. The van der Waals surface area contributed by atoms with Crippen LogP contribution < -0.4 is 10.6 Å². The van der Waals surface area contributed by atoms with Gasteiger partial charge in [0.1, 0.15) is 12.2 Å². The monoisotopic (exact) mass is 609 g/mol. The molecule has 7 heteroatoms. The van der Waals surface area contributed by atoms with E-state index in [0.717, 1.165) is 70.8 Å². The largest absolute Gasteiger partial charge is 0.461 e. The first-order chi connectivity index (χ1) is 19.9. The van der Waals surface area contributed by atoms with Gasteiger partial charge in [-0.05, 0) is 74.7 Å². The van der Waals surface area contributed by atoms with Crippen molar-refractivity contribution in [3.8, 4) is 0 Å². The molecule has 2 rings (SSSR count). The van der Waals surface area contributed by atoms with Crippen molar-refractivity contribution in [2.45, 2.75) is 199 Å². The molecular formula is C36H68N2O5. The van der Waals surface area contributed by atoms with Crippen LogP contribution in [0.3, 0.4) is 0 Å². The summed E-state index contributed by atoms with van der Waals surface area (Å²) in [5.41, 5.74) is -1.89. The zero-order chi connectivity index (χ0) is 32.4. The first kappa shape index (κ1) is 38.0. The summed E-state index contributed by atoms with van der Waals surface area (Å²) in [6.07, 6.45) is 14.0. The van der Waals surface area contributed by atoms with Crippen LogP contribution in [0, 0.1) is 5.41 Å². The molecule has 0 unspecified atom stereocenters. The van der Waals surface area contributed by atoms with Gasteiger partial charge in [0.05, 0.1) is 0 Å². The summed E-state index contributed by atoms with van der Waals surface area (Å²) >= 11 is 0. The number of methoxy groups -OCH3 is 1. The SMILES string of the molecule is CCCCC(CCCCCCCCCCOC)(C(=O)OC1CC(C)(C)NC(C)(C)C1)C(=O)OC1CC(C)(C)NC(C)(C)C1. The molecule has 0 aliphatic carbocycles. The maximum Gasteiger partial charge on any atom is 0.323 e. The standard InChI is InChI=1S/C36H68N2O5/c1-11-12-21-36(22-19-17-15-13-14-16-18-20-23-41-10,30(39)42-28-24-32(2,3)37-33(4,5)25-28)31(40)43-29-26-34(6,7)38-35(8,9)27-29/h28-29,37-38H,11-27H2,1-10H3. The van der Waals surface area contributed by atoms with Gasteiger partial charge < -0.3 is 24.8 Å². The lowest BCUT2D eigenvalue weighted by Gasteiger charge is -2.47. The lowest BCUT2D eigenvalue weighted by atomic mass is 9.76. The Hall–Kier alpha value is -1.18. The van der Waals surface area contributed by atoms with Crippen molar-refractivity contribution in [2.24, 2.45) is 5.41 Å². The fourth-order valence-corrected chi connectivity index (χ4v) is 7.98. The number of nitrogens with one attached hydrogen (secondary N) is 2. The maximum absolute atomic E-state index is 14.3. The highest BCUT2D eigenvalue weighted by Gasteiger charge is 2.51. The molecule has 2 aliphatic rings. The van der Waals surface area contributed by atoms with Crippen LogP contribution in [0.25, 0.3) is 0 Å². The third-order valence-electron chi connectivity index (χ3n) is 9.29. The van der Waals surface area contributed by atoms with Crippen molar-refractivity contribution in [3.63, 3.8) is 0 Å². The fraction of sp³-hybridized carbons (Fsp3) is 0.944. The normalized spacial score (nSPS) is 21.8. The van der Waals surface area contributed by atoms with Gasteiger partial charge in [0.25, 0.3) is 0 Å². The Morgan fingerprint density at radius 3 is 1.33 bits per heavy atom. The van der Waals surface area contributed by atoms with Gasteiger partial charge in [0, 0.05) is 61.6 Å². The zero-order valence-corrected chi connectivity index (χ0v) is 29.7. The minimum Gasteiger partial charge on any atom is -0.461 e. The van der Waals surface area contributed by atoms with Crippen LogP contribution in [-0.2, 0) is 23.8 Å². The summed E-state index contributed by atoms with van der Waals surface area (Å²) in [6, 6.07) is 0. The van der Waals surface area contributed by atoms with E-state index in [0.29, 0.717) is 12.8 Å². The van der Waals surface area contributed by atoms with Gasteiger partial charge in [0.2, 0.25) is 0 Å². The highest BCUT2D eigenvalue weighted by Crippen LogP contribution is 2.40. The van der Waals surface area contributed by atoms with Crippen LogP contribution in [0.15, 0.2) is 0 Å². The molecule has 0 bridgehead atoms. The quantitative estimate of drug-likeness (QED) is 0.0926. The van der Waals surface area contributed by atoms with Crippen molar-refractivity contribution < 1.29 is 23.8 Å². The van der Waals surface area contributed by atoms with Gasteiger partial charge in [-0.1, -0.05) is 64.7 Å². The minimum absolute atomic E-state index is 0.158. The average molecular weight is 609 g/mol. The number of hydrogen-bond acceptors (Lipinski definition) is 7. The van der Waals surface area contributed by atoms with E-state index in [1.165, 1.54) is 25.7 Å². The Morgan fingerprint density at radius 2 is 0.953 bits per heavy atom. The smallest absolute Gasteiger partial charge is 0.323 e. The number of hydrogen-bond donors (Lipinski definition) is 2. The highest BCUT2D eigenvalue weighted by atomic mass is 16.6. The summed E-state index contributed by atoms with van der Waals surface area (Å²) in [7, 11) is 1.76. The summed E-state index contributed by atoms with van der Waals surface area (Å²) < 4.78 is 17.9. The van der Waals surface area contributed by atoms with E-state index in [1.54, 1.807) is 7.11 Å². The van der Waals surface area contributed by atoms with Crippen molar-refractivity contribution in [3.05, 3.63) is 0 Å².